The standard InChI is InChI=1S/C15H16N2O5.C4H12N2O/c1-10-6-16-13-3-2-12(17(20)21)4-11(13)5-15(8-18,9-19)14(16)7-22-10;1-5-4(6-2)7-3/h2-4,8-10,14H,5-7H2,1H3;4-6H,1-3H3. The molecule has 1 fully saturated rings. The van der Waals surface area contributed by atoms with E-state index in [1.54, 1.807) is 13.2 Å². The number of nitro groups is 1. The van der Waals surface area contributed by atoms with Crippen molar-refractivity contribution in [3.05, 3.63) is 33.9 Å². The van der Waals surface area contributed by atoms with Gasteiger partial charge >= 0.3 is 0 Å². The van der Waals surface area contributed by atoms with E-state index in [2.05, 4.69) is 10.6 Å². The number of morpholine rings is 1. The molecule has 0 amide bonds. The molecule has 1 aromatic carbocycles. The lowest BCUT2D eigenvalue weighted by Crippen LogP contribution is -2.61. The first-order valence-corrected chi connectivity index (χ1v) is 9.31. The first kappa shape index (κ1) is 22.9. The number of aldehydes is 2. The number of nitrogens with one attached hydrogen (secondary N) is 2. The van der Waals surface area contributed by atoms with Crippen molar-refractivity contribution in [1.82, 2.24) is 10.6 Å². The molecule has 29 heavy (non-hydrogen) atoms. The molecule has 1 aromatic rings. The molecule has 10 nitrogen and oxygen atoms in total. The maximum Gasteiger partial charge on any atom is 0.269 e. The predicted molar refractivity (Wildman–Crippen MR) is 107 cm³/mol. The van der Waals surface area contributed by atoms with Gasteiger partial charge in [-0.2, -0.15) is 0 Å². The monoisotopic (exact) mass is 408 g/mol. The Bertz CT molecular complexity index is 726. The lowest BCUT2D eigenvalue weighted by Gasteiger charge is -2.50. The number of anilines is 1. The summed E-state index contributed by atoms with van der Waals surface area (Å²) in [5.41, 5.74) is 0.232. The summed E-state index contributed by atoms with van der Waals surface area (Å²) in [5.74, 6) is 0. The van der Waals surface area contributed by atoms with Gasteiger partial charge in [0.05, 0.1) is 23.7 Å². The third kappa shape index (κ3) is 4.78. The summed E-state index contributed by atoms with van der Waals surface area (Å²) >= 11 is 0. The summed E-state index contributed by atoms with van der Waals surface area (Å²) in [6.45, 7) is 2.74. The summed E-state index contributed by atoms with van der Waals surface area (Å²) in [6.07, 6.45) is 1.42. The Labute approximate surface area is 169 Å². The Hall–Kier alpha value is -2.40. The molecule has 0 radical (unpaired) electrons. The van der Waals surface area contributed by atoms with E-state index in [4.69, 9.17) is 9.47 Å². The van der Waals surface area contributed by atoms with E-state index in [1.165, 1.54) is 12.1 Å². The van der Waals surface area contributed by atoms with Crippen LogP contribution in [0.2, 0.25) is 0 Å². The van der Waals surface area contributed by atoms with Crippen molar-refractivity contribution in [1.29, 1.82) is 0 Å². The van der Waals surface area contributed by atoms with Crippen LogP contribution in [-0.4, -0.2) is 70.4 Å². The summed E-state index contributed by atoms with van der Waals surface area (Å²) in [6, 6.07) is 4.23. The maximum absolute atomic E-state index is 11.6. The molecule has 160 valence electrons. The summed E-state index contributed by atoms with van der Waals surface area (Å²) in [5, 5.41) is 16.7. The van der Waals surface area contributed by atoms with Gasteiger partial charge in [-0.15, -0.1) is 0 Å². The molecule has 3 rings (SSSR count). The SMILES string of the molecule is CC1CN2c3ccc([N+](=O)[O-])cc3CC(C=O)(C=O)C2CO1.CNC(NC)OC. The van der Waals surface area contributed by atoms with Gasteiger partial charge in [0, 0.05) is 31.5 Å². The number of non-ortho nitro benzene ring substituents is 1. The molecule has 2 unspecified atom stereocenters. The van der Waals surface area contributed by atoms with Crippen LogP contribution < -0.4 is 15.5 Å². The van der Waals surface area contributed by atoms with Crippen molar-refractivity contribution in [3.63, 3.8) is 0 Å². The second-order valence-electron chi connectivity index (χ2n) is 7.10. The Morgan fingerprint density at radius 3 is 2.48 bits per heavy atom. The second kappa shape index (κ2) is 9.88. The van der Waals surface area contributed by atoms with Crippen LogP contribution in [-0.2, 0) is 25.5 Å². The average molecular weight is 408 g/mol. The summed E-state index contributed by atoms with van der Waals surface area (Å²) in [7, 11) is 5.28. The van der Waals surface area contributed by atoms with Crippen molar-refractivity contribution < 1.29 is 24.0 Å². The maximum atomic E-state index is 11.6. The zero-order valence-corrected chi connectivity index (χ0v) is 17.1. The van der Waals surface area contributed by atoms with Gasteiger partial charge in [-0.05, 0) is 39.1 Å². The molecule has 1 saturated heterocycles. The van der Waals surface area contributed by atoms with E-state index in [0.717, 1.165) is 5.69 Å². The average Bonchev–Trinajstić information content (AvgIpc) is 2.74. The van der Waals surface area contributed by atoms with Crippen molar-refractivity contribution >= 4 is 23.9 Å². The first-order valence-electron chi connectivity index (χ1n) is 9.31. The van der Waals surface area contributed by atoms with Gasteiger partial charge in [0.1, 0.15) is 18.0 Å². The number of methoxy groups -OCH3 is 1. The zero-order chi connectivity index (χ0) is 21.6. The van der Waals surface area contributed by atoms with Crippen molar-refractivity contribution in [2.75, 3.05) is 39.3 Å². The number of hydrogen-bond acceptors (Lipinski definition) is 9. The minimum absolute atomic E-state index is 0.0139. The van der Waals surface area contributed by atoms with Gasteiger partial charge in [0.15, 0.2) is 6.35 Å². The zero-order valence-electron chi connectivity index (χ0n) is 17.1. The highest BCUT2D eigenvalue weighted by atomic mass is 16.6. The minimum atomic E-state index is -1.22. The molecule has 0 spiro atoms. The van der Waals surface area contributed by atoms with Crippen LogP contribution in [0.4, 0.5) is 11.4 Å². The number of rotatable bonds is 6. The molecular formula is C19H28N4O6. The molecule has 2 N–H and O–H groups in total. The van der Waals surface area contributed by atoms with Gasteiger partial charge in [-0.25, -0.2) is 0 Å². The van der Waals surface area contributed by atoms with E-state index in [-0.39, 0.29) is 37.2 Å². The lowest BCUT2D eigenvalue weighted by molar-refractivity contribution is -0.384. The number of benzene rings is 1. The molecule has 2 aliphatic heterocycles. The highest BCUT2D eigenvalue weighted by Gasteiger charge is 2.49. The molecule has 2 atom stereocenters. The van der Waals surface area contributed by atoms with E-state index in [9.17, 15) is 19.7 Å². The van der Waals surface area contributed by atoms with Crippen LogP contribution in [0, 0.1) is 15.5 Å². The quantitative estimate of drug-likeness (QED) is 0.227. The summed E-state index contributed by atoms with van der Waals surface area (Å²) in [4.78, 5) is 35.7. The van der Waals surface area contributed by atoms with Crippen LogP contribution in [0.5, 0.6) is 0 Å². The predicted octanol–water partition coefficient (Wildman–Crippen LogP) is 0.484. The van der Waals surface area contributed by atoms with Gasteiger partial charge in [-0.1, -0.05) is 0 Å². The fourth-order valence-electron chi connectivity index (χ4n) is 3.72. The molecule has 10 heteroatoms. The Morgan fingerprint density at radius 1 is 1.34 bits per heavy atom. The molecule has 2 heterocycles. The molecule has 0 bridgehead atoms. The first-order chi connectivity index (χ1) is 13.8. The third-order valence-electron chi connectivity index (χ3n) is 5.27. The Morgan fingerprint density at radius 2 is 2.00 bits per heavy atom. The molecular weight excluding hydrogens is 380 g/mol. The molecule has 0 saturated carbocycles. The van der Waals surface area contributed by atoms with E-state index in [0.29, 0.717) is 24.7 Å². The number of carbonyl (C=O) groups is 2. The van der Waals surface area contributed by atoms with Crippen LogP contribution in [0.1, 0.15) is 12.5 Å². The largest absolute Gasteiger partial charge is 0.374 e. The second-order valence-corrected chi connectivity index (χ2v) is 7.10. The van der Waals surface area contributed by atoms with Crippen molar-refractivity contribution in [2.24, 2.45) is 5.41 Å². The number of carbonyl (C=O) groups excluding carboxylic acids is 2. The van der Waals surface area contributed by atoms with E-state index < -0.39 is 10.3 Å². The van der Waals surface area contributed by atoms with Crippen molar-refractivity contribution in [3.8, 4) is 0 Å². The van der Waals surface area contributed by atoms with Gasteiger partial charge in [0.2, 0.25) is 0 Å². The normalized spacial score (nSPS) is 22.0. The number of hydrogen-bond donors (Lipinski definition) is 2. The van der Waals surface area contributed by atoms with Crippen LogP contribution in [0.25, 0.3) is 0 Å². The number of fused-ring (bicyclic) bond motifs is 3. The highest BCUT2D eigenvalue weighted by Crippen LogP contribution is 2.42. The van der Waals surface area contributed by atoms with Crippen molar-refractivity contribution in [2.45, 2.75) is 31.8 Å². The highest BCUT2D eigenvalue weighted by molar-refractivity contribution is 5.88. The molecule has 2 aliphatic rings. The van der Waals surface area contributed by atoms with E-state index >= 15 is 0 Å². The van der Waals surface area contributed by atoms with Crippen LogP contribution in [0.3, 0.4) is 0 Å². The van der Waals surface area contributed by atoms with E-state index in [1.807, 2.05) is 25.9 Å². The Kier molecular flexibility index (Phi) is 7.80. The minimum Gasteiger partial charge on any atom is -0.374 e. The van der Waals surface area contributed by atoms with Gasteiger partial charge in [-0.3, -0.25) is 20.7 Å². The number of nitro benzene ring substituents is 1. The van der Waals surface area contributed by atoms with Crippen LogP contribution in [0.15, 0.2) is 18.2 Å². The smallest absolute Gasteiger partial charge is 0.269 e. The van der Waals surface area contributed by atoms with Gasteiger partial charge < -0.3 is 24.0 Å². The Balaban J connectivity index is 0.000000370. The topological polar surface area (TPSA) is 123 Å². The fraction of sp³-hybridized carbons (Fsp3) is 0.579. The number of ether oxygens (including phenoxy) is 2. The van der Waals surface area contributed by atoms with Crippen LogP contribution >= 0.6 is 0 Å². The fourth-order valence-corrected chi connectivity index (χ4v) is 3.72. The van der Waals surface area contributed by atoms with Gasteiger partial charge in [0.25, 0.3) is 5.69 Å². The number of nitrogens with zero attached hydrogens (tertiary/aromatic N) is 2. The summed E-state index contributed by atoms with van der Waals surface area (Å²) < 4.78 is 10.4. The lowest BCUT2D eigenvalue weighted by atomic mass is 9.73. The third-order valence-corrected chi connectivity index (χ3v) is 5.27. The molecule has 0 aromatic heterocycles. The molecule has 0 aliphatic carbocycles.